The topological polar surface area (TPSA) is 95.9 Å². The third kappa shape index (κ3) is 2.65. The lowest BCUT2D eigenvalue weighted by molar-refractivity contribution is -0.130. The summed E-state index contributed by atoms with van der Waals surface area (Å²) in [5, 5.41) is 11.1. The zero-order valence-electron chi connectivity index (χ0n) is 10.2. The second-order valence-electron chi connectivity index (χ2n) is 4.02. The molecule has 7 heteroatoms. The lowest BCUT2D eigenvalue weighted by Crippen LogP contribution is -2.51. The fourth-order valence-corrected chi connectivity index (χ4v) is 1.88. The van der Waals surface area contributed by atoms with Gasteiger partial charge in [-0.1, -0.05) is 0 Å². The van der Waals surface area contributed by atoms with Crippen LogP contribution in [-0.2, 0) is 9.59 Å². The Labute approximate surface area is 108 Å². The molecule has 1 saturated heterocycles. The van der Waals surface area contributed by atoms with E-state index < -0.39 is 17.8 Å². The number of piperazine rings is 1. The summed E-state index contributed by atoms with van der Waals surface area (Å²) in [7, 11) is 1.44. The fraction of sp³-hybridized carbons (Fsp3) is 0.250. The summed E-state index contributed by atoms with van der Waals surface area (Å²) in [6.07, 6.45) is 0. The number of benzene rings is 1. The van der Waals surface area contributed by atoms with Gasteiger partial charge in [0.15, 0.2) is 0 Å². The molecule has 0 aromatic heterocycles. The molecule has 2 amide bonds. The second kappa shape index (κ2) is 4.97. The van der Waals surface area contributed by atoms with E-state index in [2.05, 4.69) is 5.32 Å². The summed E-state index contributed by atoms with van der Waals surface area (Å²) in [5.41, 5.74) is 0.472. The maximum absolute atomic E-state index is 11.3. The molecule has 1 fully saturated rings. The fourth-order valence-electron chi connectivity index (χ4n) is 1.88. The molecule has 1 heterocycles. The average Bonchev–Trinajstić information content (AvgIpc) is 2.36. The number of carboxylic acids is 1. The van der Waals surface area contributed by atoms with Gasteiger partial charge in [0.1, 0.15) is 5.75 Å². The van der Waals surface area contributed by atoms with Gasteiger partial charge in [-0.2, -0.15) is 0 Å². The van der Waals surface area contributed by atoms with Gasteiger partial charge in [-0.15, -0.1) is 0 Å². The van der Waals surface area contributed by atoms with Crippen LogP contribution in [0.25, 0.3) is 0 Å². The molecule has 1 aliphatic rings. The minimum absolute atomic E-state index is 0.0226. The van der Waals surface area contributed by atoms with E-state index in [-0.39, 0.29) is 18.7 Å². The molecular formula is C12H12N2O5. The van der Waals surface area contributed by atoms with E-state index in [0.717, 1.165) is 0 Å². The number of nitrogens with zero attached hydrogens (tertiary/aromatic N) is 1. The van der Waals surface area contributed by atoms with Gasteiger partial charge in [0.25, 0.3) is 0 Å². The molecule has 0 saturated carbocycles. The Hall–Kier alpha value is -2.57. The van der Waals surface area contributed by atoms with Gasteiger partial charge in [0.05, 0.1) is 31.5 Å². The van der Waals surface area contributed by atoms with E-state index in [9.17, 15) is 14.4 Å². The zero-order chi connectivity index (χ0) is 14.0. The van der Waals surface area contributed by atoms with Crippen molar-refractivity contribution in [2.24, 2.45) is 0 Å². The van der Waals surface area contributed by atoms with Crippen molar-refractivity contribution in [3.63, 3.8) is 0 Å². The molecule has 2 N–H and O–H groups in total. The monoisotopic (exact) mass is 264 g/mol. The maximum atomic E-state index is 11.3. The number of carbonyl (C=O) groups is 3. The molecular weight excluding hydrogens is 252 g/mol. The quantitative estimate of drug-likeness (QED) is 0.737. The van der Waals surface area contributed by atoms with Crippen LogP contribution in [0.3, 0.4) is 0 Å². The van der Waals surface area contributed by atoms with Gasteiger partial charge >= 0.3 is 5.97 Å². The highest BCUT2D eigenvalue weighted by molar-refractivity contribution is 6.03. The van der Waals surface area contributed by atoms with E-state index in [0.29, 0.717) is 11.4 Å². The van der Waals surface area contributed by atoms with Gasteiger partial charge in [-0.05, 0) is 18.2 Å². The minimum Gasteiger partial charge on any atom is -0.495 e. The third-order valence-electron chi connectivity index (χ3n) is 2.71. The number of nitrogens with one attached hydrogen (secondary N) is 1. The van der Waals surface area contributed by atoms with Crippen LogP contribution in [0.2, 0.25) is 0 Å². The number of rotatable bonds is 3. The minimum atomic E-state index is -1.09. The van der Waals surface area contributed by atoms with Gasteiger partial charge in [0, 0.05) is 0 Å². The number of anilines is 1. The van der Waals surface area contributed by atoms with Crippen molar-refractivity contribution in [1.29, 1.82) is 0 Å². The molecule has 100 valence electrons. The Morgan fingerprint density at radius 2 is 1.95 bits per heavy atom. The first-order valence-electron chi connectivity index (χ1n) is 5.50. The van der Waals surface area contributed by atoms with Crippen molar-refractivity contribution >= 4 is 23.5 Å². The van der Waals surface area contributed by atoms with Crippen LogP contribution in [0.5, 0.6) is 5.75 Å². The first-order valence-corrected chi connectivity index (χ1v) is 5.50. The molecule has 0 atom stereocenters. The molecule has 0 bridgehead atoms. The summed E-state index contributed by atoms with van der Waals surface area (Å²) in [5.74, 6) is -1.54. The molecule has 2 rings (SSSR count). The summed E-state index contributed by atoms with van der Waals surface area (Å²) in [4.78, 5) is 35.1. The third-order valence-corrected chi connectivity index (χ3v) is 2.71. The smallest absolute Gasteiger partial charge is 0.335 e. The van der Waals surface area contributed by atoms with Crippen LogP contribution in [0.1, 0.15) is 10.4 Å². The van der Waals surface area contributed by atoms with Crippen LogP contribution in [0.15, 0.2) is 18.2 Å². The predicted octanol–water partition coefficient (Wildman–Crippen LogP) is -0.144. The molecule has 19 heavy (non-hydrogen) atoms. The van der Waals surface area contributed by atoms with Gasteiger partial charge < -0.3 is 14.7 Å². The number of hydrogen-bond acceptors (Lipinski definition) is 5. The Kier molecular flexibility index (Phi) is 3.37. The SMILES string of the molecule is COc1ccc(C(=O)O)cc1N1CC(=O)NC(=O)C1. The van der Waals surface area contributed by atoms with Crippen LogP contribution in [-0.4, -0.2) is 43.1 Å². The molecule has 7 nitrogen and oxygen atoms in total. The van der Waals surface area contributed by atoms with Crippen molar-refractivity contribution < 1.29 is 24.2 Å². The number of aromatic carboxylic acids is 1. The van der Waals surface area contributed by atoms with Crippen molar-refractivity contribution in [3.8, 4) is 5.75 Å². The van der Waals surface area contributed by atoms with E-state index in [1.165, 1.54) is 30.2 Å². The standard InChI is InChI=1S/C12H12N2O5/c1-19-9-3-2-7(12(17)18)4-8(9)14-5-10(15)13-11(16)6-14/h2-4H,5-6H2,1H3,(H,17,18)(H,13,15,16). The first-order chi connectivity index (χ1) is 9.01. The lowest BCUT2D eigenvalue weighted by Gasteiger charge is -2.28. The normalized spacial score (nSPS) is 15.1. The highest BCUT2D eigenvalue weighted by atomic mass is 16.5. The first kappa shape index (κ1) is 12.9. The van der Waals surface area contributed by atoms with Crippen molar-refractivity contribution in [2.75, 3.05) is 25.1 Å². The van der Waals surface area contributed by atoms with E-state index in [4.69, 9.17) is 9.84 Å². The predicted molar refractivity (Wildman–Crippen MR) is 65.3 cm³/mol. The average molecular weight is 264 g/mol. The molecule has 1 aromatic rings. The molecule has 0 aliphatic carbocycles. The number of methoxy groups -OCH3 is 1. The number of imide groups is 1. The van der Waals surface area contributed by atoms with Gasteiger partial charge in [-0.25, -0.2) is 4.79 Å². The van der Waals surface area contributed by atoms with Crippen molar-refractivity contribution in [2.45, 2.75) is 0 Å². The number of carboxylic acid groups (broad SMARTS) is 1. The molecule has 0 spiro atoms. The number of ether oxygens (including phenoxy) is 1. The van der Waals surface area contributed by atoms with Crippen molar-refractivity contribution in [1.82, 2.24) is 5.32 Å². The lowest BCUT2D eigenvalue weighted by atomic mass is 10.1. The van der Waals surface area contributed by atoms with Crippen molar-refractivity contribution in [3.05, 3.63) is 23.8 Å². The molecule has 0 unspecified atom stereocenters. The van der Waals surface area contributed by atoms with Crippen LogP contribution in [0, 0.1) is 0 Å². The van der Waals surface area contributed by atoms with Crippen LogP contribution < -0.4 is 15.0 Å². The zero-order valence-corrected chi connectivity index (χ0v) is 10.2. The molecule has 0 radical (unpaired) electrons. The molecule has 1 aromatic carbocycles. The van der Waals surface area contributed by atoms with E-state index in [1.54, 1.807) is 0 Å². The summed E-state index contributed by atoms with van der Waals surface area (Å²) in [6.45, 7) is -0.0453. The van der Waals surface area contributed by atoms with Crippen LogP contribution >= 0.6 is 0 Å². The maximum Gasteiger partial charge on any atom is 0.335 e. The summed E-state index contributed by atoms with van der Waals surface area (Å²) >= 11 is 0. The number of carbonyl (C=O) groups excluding carboxylic acids is 2. The van der Waals surface area contributed by atoms with Gasteiger partial charge in [-0.3, -0.25) is 14.9 Å². The summed E-state index contributed by atoms with van der Waals surface area (Å²) < 4.78 is 5.13. The number of hydrogen-bond donors (Lipinski definition) is 2. The Morgan fingerprint density at radius 3 is 2.47 bits per heavy atom. The molecule has 1 aliphatic heterocycles. The van der Waals surface area contributed by atoms with Gasteiger partial charge in [0.2, 0.25) is 11.8 Å². The number of amides is 2. The Bertz CT molecular complexity index is 539. The van der Waals surface area contributed by atoms with E-state index >= 15 is 0 Å². The second-order valence-corrected chi connectivity index (χ2v) is 4.02. The largest absolute Gasteiger partial charge is 0.495 e. The Balaban J connectivity index is 2.41. The highest BCUT2D eigenvalue weighted by Gasteiger charge is 2.25. The highest BCUT2D eigenvalue weighted by Crippen LogP contribution is 2.29. The Morgan fingerprint density at radius 1 is 1.32 bits per heavy atom. The van der Waals surface area contributed by atoms with Crippen LogP contribution in [0.4, 0.5) is 5.69 Å². The van der Waals surface area contributed by atoms with E-state index in [1.807, 2.05) is 0 Å². The summed E-state index contributed by atoms with van der Waals surface area (Å²) in [6, 6.07) is 4.28.